The predicted octanol–water partition coefficient (Wildman–Crippen LogP) is -0.143. The number of hydrogen-bond acceptors (Lipinski definition) is 9. The van der Waals surface area contributed by atoms with Crippen LogP contribution in [0.15, 0.2) is 68.3 Å². The molecule has 13 heteroatoms. The molecule has 0 aliphatic rings. The molecule has 0 saturated heterocycles. The zero-order valence-electron chi connectivity index (χ0n) is 18.3. The second kappa shape index (κ2) is 25.2. The molecule has 192 valence electrons. The number of benzene rings is 1. The van der Waals surface area contributed by atoms with Crippen molar-refractivity contribution in [2.75, 3.05) is 26.4 Å². The van der Waals surface area contributed by atoms with Crippen LogP contribution in [0.3, 0.4) is 0 Å². The van der Waals surface area contributed by atoms with Gasteiger partial charge in [0.05, 0.1) is 31.8 Å². The molecule has 0 fully saturated rings. The van der Waals surface area contributed by atoms with E-state index in [9.17, 15) is 19.2 Å². The fraction of sp³-hybridized carbons (Fsp3) is 0.238. The van der Waals surface area contributed by atoms with Gasteiger partial charge in [-0.15, -0.1) is 0 Å². The number of nitrogens with two attached hydrogens (primary N) is 1. The number of rotatable bonds is 8. The van der Waals surface area contributed by atoms with Gasteiger partial charge < -0.3 is 46.2 Å². The highest BCUT2D eigenvalue weighted by atomic mass is 16.5. The average molecular weight is 489 g/mol. The molecular formula is C21H31NO12. The van der Waals surface area contributed by atoms with Crippen LogP contribution in [0.25, 0.3) is 0 Å². The van der Waals surface area contributed by atoms with E-state index in [1.54, 1.807) is 24.3 Å². The molecule has 1 rings (SSSR count). The van der Waals surface area contributed by atoms with Crippen LogP contribution in [0.2, 0.25) is 0 Å². The third kappa shape index (κ3) is 30.2. The van der Waals surface area contributed by atoms with Crippen molar-refractivity contribution in [2.24, 2.45) is 11.1 Å². The number of carbonyl (C=O) groups excluding carboxylic acids is 1. The van der Waals surface area contributed by atoms with Crippen molar-refractivity contribution >= 4 is 24.0 Å². The van der Waals surface area contributed by atoms with E-state index in [0.29, 0.717) is 5.75 Å². The van der Waals surface area contributed by atoms with E-state index in [0.717, 1.165) is 18.2 Å². The summed E-state index contributed by atoms with van der Waals surface area (Å²) in [5.74, 6) is -2.48. The van der Waals surface area contributed by atoms with Crippen LogP contribution in [0.4, 0.5) is 4.79 Å². The summed E-state index contributed by atoms with van der Waals surface area (Å²) in [5.41, 5.74) is 3.65. The standard InChI is InChI=1S/C7H7NO2.C5H12O4.3C3H4O2/c8-7(9)10-6-4-2-1-3-5-6;6-1-5(2-7,3-8)4-9;3*1-2-3(4)5/h1-5H,(H2,8,9);6-9H,1-4H2;3*2H,1H2,(H,4,5). The van der Waals surface area contributed by atoms with Gasteiger partial charge in [-0.05, 0) is 12.1 Å². The van der Waals surface area contributed by atoms with E-state index in [4.69, 9.17) is 41.5 Å². The lowest BCUT2D eigenvalue weighted by Gasteiger charge is -2.23. The monoisotopic (exact) mass is 489 g/mol. The maximum absolute atomic E-state index is 10.2. The topological polar surface area (TPSA) is 245 Å². The molecule has 0 atom stereocenters. The first-order valence-corrected chi connectivity index (χ1v) is 8.86. The number of ether oxygens (including phenoxy) is 1. The Morgan fingerprint density at radius 3 is 1.15 bits per heavy atom. The maximum atomic E-state index is 10.2. The number of aliphatic carboxylic acids is 3. The molecule has 13 nitrogen and oxygen atoms in total. The predicted molar refractivity (Wildman–Crippen MR) is 121 cm³/mol. The lowest BCUT2D eigenvalue weighted by Crippen LogP contribution is -2.37. The van der Waals surface area contributed by atoms with Gasteiger partial charge in [-0.25, -0.2) is 19.2 Å². The summed E-state index contributed by atoms with van der Waals surface area (Å²) in [6.45, 7) is 7.26. The molecule has 0 heterocycles. The summed E-state index contributed by atoms with van der Waals surface area (Å²) >= 11 is 0. The summed E-state index contributed by atoms with van der Waals surface area (Å²) in [6, 6.07) is 8.67. The summed E-state index contributed by atoms with van der Waals surface area (Å²) in [4.78, 5) is 37.9. The molecule has 0 radical (unpaired) electrons. The Morgan fingerprint density at radius 1 is 0.735 bits per heavy atom. The Hall–Kier alpha value is -4.04. The van der Waals surface area contributed by atoms with Gasteiger partial charge in [-0.2, -0.15) is 0 Å². The van der Waals surface area contributed by atoms with E-state index in [1.807, 2.05) is 6.07 Å². The largest absolute Gasteiger partial charge is 0.478 e. The Labute approximate surface area is 196 Å². The smallest absolute Gasteiger partial charge is 0.409 e. The van der Waals surface area contributed by atoms with E-state index in [-0.39, 0.29) is 0 Å². The minimum absolute atomic E-state index is 0.406. The number of para-hydroxylation sites is 1. The summed E-state index contributed by atoms with van der Waals surface area (Å²) in [6.07, 6.45) is 1.71. The lowest BCUT2D eigenvalue weighted by molar-refractivity contribution is -0.132. The number of carboxylic acid groups (broad SMARTS) is 3. The van der Waals surface area contributed by atoms with Crippen LogP contribution < -0.4 is 10.5 Å². The molecule has 0 bridgehead atoms. The van der Waals surface area contributed by atoms with Crippen molar-refractivity contribution < 1.29 is 59.7 Å². The molecule has 0 aromatic heterocycles. The van der Waals surface area contributed by atoms with Crippen molar-refractivity contribution in [1.29, 1.82) is 0 Å². The lowest BCUT2D eigenvalue weighted by atomic mass is 9.93. The Morgan fingerprint density at radius 2 is 1.00 bits per heavy atom. The quantitative estimate of drug-likeness (QED) is 0.222. The number of amides is 1. The first-order valence-electron chi connectivity index (χ1n) is 8.86. The first-order chi connectivity index (χ1) is 15.8. The van der Waals surface area contributed by atoms with Gasteiger partial charge in [0.1, 0.15) is 5.75 Å². The van der Waals surface area contributed by atoms with E-state index in [1.165, 1.54) is 0 Å². The van der Waals surface area contributed by atoms with Crippen LogP contribution >= 0.6 is 0 Å². The zero-order valence-corrected chi connectivity index (χ0v) is 18.3. The molecule has 34 heavy (non-hydrogen) atoms. The fourth-order valence-electron chi connectivity index (χ4n) is 0.905. The Kier molecular flexibility index (Phi) is 27.7. The molecule has 1 amide bonds. The van der Waals surface area contributed by atoms with Crippen LogP contribution in [0.1, 0.15) is 0 Å². The highest BCUT2D eigenvalue weighted by molar-refractivity contribution is 5.79. The summed E-state index contributed by atoms with van der Waals surface area (Å²) < 4.78 is 4.55. The van der Waals surface area contributed by atoms with Crippen molar-refractivity contribution in [3.05, 3.63) is 68.3 Å². The van der Waals surface area contributed by atoms with E-state index >= 15 is 0 Å². The number of aliphatic hydroxyl groups is 4. The third-order valence-corrected chi connectivity index (χ3v) is 2.83. The van der Waals surface area contributed by atoms with E-state index < -0.39 is 55.8 Å². The average Bonchev–Trinajstić information content (AvgIpc) is 2.82. The third-order valence-electron chi connectivity index (χ3n) is 2.83. The van der Waals surface area contributed by atoms with Gasteiger partial charge in [0.25, 0.3) is 0 Å². The van der Waals surface area contributed by atoms with Gasteiger partial charge in [-0.1, -0.05) is 37.9 Å². The molecule has 1 aromatic rings. The van der Waals surface area contributed by atoms with Crippen molar-refractivity contribution in [3.8, 4) is 5.75 Å². The second-order valence-electron chi connectivity index (χ2n) is 5.49. The number of primary amides is 1. The number of hydrogen-bond donors (Lipinski definition) is 8. The molecule has 0 saturated carbocycles. The molecule has 9 N–H and O–H groups in total. The molecule has 1 aromatic carbocycles. The Balaban J connectivity index is -0.000000173. The molecule has 0 unspecified atom stereocenters. The number of carboxylic acids is 3. The molecule has 0 spiro atoms. The fourth-order valence-corrected chi connectivity index (χ4v) is 0.905. The maximum Gasteiger partial charge on any atom is 0.409 e. The highest BCUT2D eigenvalue weighted by Gasteiger charge is 2.26. The SMILES string of the molecule is C=CC(=O)O.C=CC(=O)O.C=CC(=O)O.NC(=O)Oc1ccccc1.OCC(CO)(CO)CO. The van der Waals surface area contributed by atoms with Crippen LogP contribution in [0.5, 0.6) is 5.75 Å². The van der Waals surface area contributed by atoms with Gasteiger partial charge in [-0.3, -0.25) is 0 Å². The Bertz CT molecular complexity index is 670. The summed E-state index contributed by atoms with van der Waals surface area (Å²) in [7, 11) is 0. The van der Waals surface area contributed by atoms with Crippen molar-refractivity contribution in [3.63, 3.8) is 0 Å². The minimum atomic E-state index is -1.11. The van der Waals surface area contributed by atoms with Crippen LogP contribution in [-0.2, 0) is 14.4 Å². The minimum Gasteiger partial charge on any atom is -0.478 e. The van der Waals surface area contributed by atoms with Gasteiger partial charge >= 0.3 is 24.0 Å². The molecule has 0 aliphatic heterocycles. The van der Waals surface area contributed by atoms with Crippen molar-refractivity contribution in [1.82, 2.24) is 0 Å². The highest BCUT2D eigenvalue weighted by Crippen LogP contribution is 2.11. The molecular weight excluding hydrogens is 458 g/mol. The normalized spacial score (nSPS) is 8.59. The van der Waals surface area contributed by atoms with Crippen molar-refractivity contribution in [2.45, 2.75) is 0 Å². The van der Waals surface area contributed by atoms with Crippen LogP contribution in [-0.4, -0.2) is 86.2 Å². The van der Waals surface area contributed by atoms with Gasteiger partial charge in [0.2, 0.25) is 0 Å². The van der Waals surface area contributed by atoms with E-state index in [2.05, 4.69) is 24.5 Å². The van der Waals surface area contributed by atoms with Gasteiger partial charge in [0, 0.05) is 18.2 Å². The number of aliphatic hydroxyl groups excluding tert-OH is 4. The summed E-state index contributed by atoms with van der Waals surface area (Å²) in [5, 5.41) is 56.8. The van der Waals surface area contributed by atoms with Gasteiger partial charge in [0.15, 0.2) is 0 Å². The number of carbonyl (C=O) groups is 4. The second-order valence-corrected chi connectivity index (χ2v) is 5.49. The first kappa shape index (κ1) is 37.3. The zero-order chi connectivity index (χ0) is 27.6. The molecule has 0 aliphatic carbocycles. The van der Waals surface area contributed by atoms with Crippen LogP contribution in [0, 0.1) is 5.41 Å².